The molecule has 0 N–H and O–H groups in total. The molecule has 4 nitrogen and oxygen atoms in total. The van der Waals surface area contributed by atoms with Gasteiger partial charge in [-0.2, -0.15) is 0 Å². The molecule has 11 rings (SSSR count). The number of hydrogen-bond acceptors (Lipinski definition) is 4. The maximum absolute atomic E-state index is 5.87. The van der Waals surface area contributed by atoms with Gasteiger partial charge in [0.1, 0.15) is 0 Å². The monoisotopic (exact) mass is 612 g/mol. The van der Waals surface area contributed by atoms with Crippen molar-refractivity contribution in [2.24, 2.45) is 28.7 Å². The van der Waals surface area contributed by atoms with Crippen molar-refractivity contribution in [3.8, 4) is 0 Å². The zero-order valence-electron chi connectivity index (χ0n) is 27.8. The molecule has 0 radical (unpaired) electrons. The summed E-state index contributed by atoms with van der Waals surface area (Å²) in [7, 11) is 0. The van der Waals surface area contributed by atoms with Gasteiger partial charge in [-0.15, -0.1) is 0 Å². The first-order valence-electron chi connectivity index (χ1n) is 19.9. The van der Waals surface area contributed by atoms with Crippen molar-refractivity contribution in [2.45, 2.75) is 150 Å². The van der Waals surface area contributed by atoms with Crippen LogP contribution in [-0.4, -0.2) is 64.8 Å². The first kappa shape index (κ1) is 27.5. The number of para-hydroxylation sites is 1. The van der Waals surface area contributed by atoms with Crippen LogP contribution in [0.5, 0.6) is 0 Å². The SMILES string of the molecule is c1ccc(B2C3CCC4CCCC5C4C3N(C3=NC4CCCCC4N35)C3CCC4C(C5CCCCC5N4c4ccccc4)C23)cc1. The third kappa shape index (κ3) is 3.72. The van der Waals surface area contributed by atoms with Crippen LogP contribution in [-0.2, 0) is 0 Å². The van der Waals surface area contributed by atoms with Crippen LogP contribution in [0.15, 0.2) is 65.7 Å². The predicted octanol–water partition coefficient (Wildman–Crippen LogP) is 7.61. The van der Waals surface area contributed by atoms with Gasteiger partial charge in [0.05, 0.1) is 12.1 Å². The number of aliphatic imine (C=N–C) groups is 1. The second-order valence-corrected chi connectivity index (χ2v) is 17.3. The minimum absolute atomic E-state index is 0.562. The highest BCUT2D eigenvalue weighted by Gasteiger charge is 2.68. The van der Waals surface area contributed by atoms with E-state index in [-0.39, 0.29) is 0 Å². The standard InChI is InChI=1S/C41H53BN4/c1-3-13-27(14-4-1)42-30-23-22-26-12-11-21-34-37(26)40(30)46(41-43-31-18-8-10-20-33(31)45(34)41)36-25-24-35-38(39(36)42)29-17-7-9-19-32(29)44(35)28-15-5-2-6-16-28/h1-6,13-16,26,29-40H,7-12,17-25H2. The Balaban J connectivity index is 1.09. The maximum Gasteiger partial charge on any atom is 0.198 e. The first-order valence-corrected chi connectivity index (χ1v) is 19.9. The molecule has 2 aromatic rings. The molecular formula is C41H53BN4. The summed E-state index contributed by atoms with van der Waals surface area (Å²) in [5.41, 5.74) is 3.19. The molecule has 13 atom stereocenters. The van der Waals surface area contributed by atoms with Crippen LogP contribution in [0.2, 0.25) is 11.6 Å². The summed E-state index contributed by atoms with van der Waals surface area (Å²) in [6, 6.07) is 28.6. The third-order valence-corrected chi connectivity index (χ3v) is 15.8. The minimum Gasteiger partial charge on any atom is -0.365 e. The number of benzene rings is 2. The largest absolute Gasteiger partial charge is 0.365 e. The molecule has 4 heterocycles. The number of anilines is 1. The predicted molar refractivity (Wildman–Crippen MR) is 189 cm³/mol. The quantitative estimate of drug-likeness (QED) is 0.326. The van der Waals surface area contributed by atoms with E-state index in [0.29, 0.717) is 36.9 Å². The average molecular weight is 613 g/mol. The van der Waals surface area contributed by atoms with E-state index in [9.17, 15) is 0 Å². The van der Waals surface area contributed by atoms with E-state index in [1.807, 2.05) is 0 Å². The number of rotatable bonds is 2. The highest BCUT2D eigenvalue weighted by molar-refractivity contribution is 6.76. The molecule has 4 aliphatic heterocycles. The number of nitrogens with zero attached hydrogens (tertiary/aromatic N) is 4. The van der Waals surface area contributed by atoms with Crippen LogP contribution in [0.1, 0.15) is 96.3 Å². The number of guanidine groups is 1. The normalized spacial score (nSPS) is 45.1. The second kappa shape index (κ2) is 10.5. The maximum atomic E-state index is 5.87. The summed E-state index contributed by atoms with van der Waals surface area (Å²) in [4.78, 5) is 15.1. The van der Waals surface area contributed by atoms with Crippen LogP contribution >= 0.6 is 0 Å². The molecule has 0 aromatic heterocycles. The van der Waals surface area contributed by atoms with Crippen LogP contribution in [0.25, 0.3) is 0 Å². The van der Waals surface area contributed by atoms with Gasteiger partial charge in [0.2, 0.25) is 0 Å². The lowest BCUT2D eigenvalue weighted by Crippen LogP contribution is -2.77. The second-order valence-electron chi connectivity index (χ2n) is 17.3. The molecule has 5 saturated carbocycles. The summed E-state index contributed by atoms with van der Waals surface area (Å²) in [5.74, 6) is 6.42. The van der Waals surface area contributed by atoms with Crippen LogP contribution in [0.4, 0.5) is 5.69 Å². The highest BCUT2D eigenvalue weighted by Crippen LogP contribution is 2.64. The lowest BCUT2D eigenvalue weighted by molar-refractivity contribution is -0.0601. The fourth-order valence-corrected chi connectivity index (χ4v) is 14.7. The molecule has 2 aromatic carbocycles. The first-order chi connectivity index (χ1) is 22.9. The van der Waals surface area contributed by atoms with E-state index in [4.69, 9.17) is 4.99 Å². The van der Waals surface area contributed by atoms with E-state index in [1.165, 1.54) is 108 Å². The molecular weight excluding hydrogens is 559 g/mol. The van der Waals surface area contributed by atoms with Gasteiger partial charge in [-0.1, -0.05) is 98.9 Å². The van der Waals surface area contributed by atoms with E-state index < -0.39 is 0 Å². The summed E-state index contributed by atoms with van der Waals surface area (Å²) >= 11 is 0. The van der Waals surface area contributed by atoms with Crippen molar-refractivity contribution in [3.63, 3.8) is 0 Å². The van der Waals surface area contributed by atoms with Crippen molar-refractivity contribution in [3.05, 3.63) is 60.7 Å². The topological polar surface area (TPSA) is 22.1 Å². The zero-order chi connectivity index (χ0) is 29.9. The smallest absolute Gasteiger partial charge is 0.198 e. The van der Waals surface area contributed by atoms with Gasteiger partial charge in [0.15, 0.2) is 12.7 Å². The Morgan fingerprint density at radius 1 is 0.543 bits per heavy atom. The van der Waals surface area contributed by atoms with Crippen LogP contribution in [0, 0.1) is 23.7 Å². The van der Waals surface area contributed by atoms with Crippen molar-refractivity contribution in [1.82, 2.24) is 9.80 Å². The molecule has 0 bridgehead atoms. The molecule has 46 heavy (non-hydrogen) atoms. The minimum atomic E-state index is 0.562. The van der Waals surface area contributed by atoms with Gasteiger partial charge >= 0.3 is 0 Å². The van der Waals surface area contributed by atoms with Crippen LogP contribution in [0.3, 0.4) is 0 Å². The molecule has 0 spiro atoms. The van der Waals surface area contributed by atoms with Crippen molar-refractivity contribution < 1.29 is 0 Å². The van der Waals surface area contributed by atoms with Gasteiger partial charge in [-0.25, -0.2) is 4.99 Å². The Bertz CT molecular complexity index is 1480. The molecule has 240 valence electrons. The fourth-order valence-electron chi connectivity index (χ4n) is 14.7. The molecule has 8 fully saturated rings. The van der Waals surface area contributed by atoms with Crippen molar-refractivity contribution >= 4 is 23.8 Å². The molecule has 13 unspecified atom stereocenters. The summed E-state index contributed by atoms with van der Waals surface area (Å²) in [5, 5.41) is 0. The summed E-state index contributed by atoms with van der Waals surface area (Å²) in [6.07, 6.45) is 21.2. The third-order valence-electron chi connectivity index (χ3n) is 15.8. The van der Waals surface area contributed by atoms with E-state index in [2.05, 4.69) is 75.4 Å². The van der Waals surface area contributed by atoms with E-state index in [1.54, 1.807) is 5.46 Å². The molecule has 3 saturated heterocycles. The Morgan fingerprint density at radius 2 is 1.26 bits per heavy atom. The van der Waals surface area contributed by atoms with Crippen molar-refractivity contribution in [2.75, 3.05) is 4.90 Å². The zero-order valence-corrected chi connectivity index (χ0v) is 27.8. The molecule has 5 aliphatic carbocycles. The Kier molecular flexibility index (Phi) is 6.30. The Labute approximate surface area is 277 Å². The number of fused-ring (bicyclic) bond motifs is 11. The molecule has 5 heteroatoms. The molecule has 9 aliphatic rings. The highest BCUT2D eigenvalue weighted by atomic mass is 15.5. The Morgan fingerprint density at radius 3 is 2.13 bits per heavy atom. The van der Waals surface area contributed by atoms with Gasteiger partial charge in [0.25, 0.3) is 0 Å². The summed E-state index contributed by atoms with van der Waals surface area (Å²) < 4.78 is 0. The van der Waals surface area contributed by atoms with Crippen LogP contribution < -0.4 is 10.4 Å². The van der Waals surface area contributed by atoms with E-state index >= 15 is 0 Å². The van der Waals surface area contributed by atoms with Crippen molar-refractivity contribution in [1.29, 1.82) is 0 Å². The molecule has 0 amide bonds. The van der Waals surface area contributed by atoms with Gasteiger partial charge in [-0.05, 0) is 92.9 Å². The van der Waals surface area contributed by atoms with Gasteiger partial charge in [-0.3, -0.25) is 0 Å². The number of hydrogen-bond donors (Lipinski definition) is 0. The van der Waals surface area contributed by atoms with Gasteiger partial charge in [0, 0.05) is 41.8 Å². The lowest BCUT2D eigenvalue weighted by atomic mass is 9.21. The Hall–Kier alpha value is -2.43. The summed E-state index contributed by atoms with van der Waals surface area (Å²) in [6.45, 7) is 0.693. The average Bonchev–Trinajstić information content (AvgIpc) is 3.68. The fraction of sp³-hybridized carbons (Fsp3) is 0.683. The van der Waals surface area contributed by atoms with Gasteiger partial charge < -0.3 is 14.7 Å². The van der Waals surface area contributed by atoms with E-state index in [0.717, 1.165) is 47.4 Å². The lowest BCUT2D eigenvalue weighted by Gasteiger charge is -2.68.